The summed E-state index contributed by atoms with van der Waals surface area (Å²) in [5.41, 5.74) is 1.75. The van der Waals surface area contributed by atoms with Gasteiger partial charge in [-0.1, -0.05) is 6.07 Å². The first-order chi connectivity index (χ1) is 12.6. The van der Waals surface area contributed by atoms with Gasteiger partial charge in [-0.15, -0.1) is 11.3 Å². The zero-order chi connectivity index (χ0) is 18.1. The Morgan fingerprint density at radius 3 is 2.96 bits per heavy atom. The summed E-state index contributed by atoms with van der Waals surface area (Å²) in [6.07, 6.45) is 4.56. The van der Waals surface area contributed by atoms with Crippen molar-refractivity contribution in [2.45, 2.75) is 44.5 Å². The molecule has 1 aliphatic carbocycles. The van der Waals surface area contributed by atoms with Gasteiger partial charge in [0.15, 0.2) is 6.10 Å². The number of carbonyl (C=O) groups is 2. The molecule has 2 aromatic heterocycles. The minimum atomic E-state index is -0.751. The summed E-state index contributed by atoms with van der Waals surface area (Å²) in [5.74, 6) is -0.300. The van der Waals surface area contributed by atoms with Crippen molar-refractivity contribution >= 4 is 23.2 Å². The molecule has 0 spiro atoms. The molecule has 0 aromatic carbocycles. The largest absolute Gasteiger partial charge is 0.356 e. The van der Waals surface area contributed by atoms with Gasteiger partial charge in [-0.05, 0) is 31.4 Å². The van der Waals surface area contributed by atoms with Crippen LogP contribution in [0.15, 0.2) is 29.9 Å². The van der Waals surface area contributed by atoms with Crippen LogP contribution >= 0.6 is 11.3 Å². The smallest absolute Gasteiger partial charge is 0.252 e. The van der Waals surface area contributed by atoms with Crippen molar-refractivity contribution in [3.63, 3.8) is 0 Å². The van der Waals surface area contributed by atoms with Crippen LogP contribution in [0.4, 0.5) is 0 Å². The third-order valence-corrected chi connectivity index (χ3v) is 5.53. The third-order valence-electron chi connectivity index (χ3n) is 4.57. The Morgan fingerprint density at radius 1 is 1.46 bits per heavy atom. The van der Waals surface area contributed by atoms with Crippen LogP contribution in [0.1, 0.15) is 35.1 Å². The van der Waals surface area contributed by atoms with Gasteiger partial charge in [0.2, 0.25) is 5.91 Å². The zero-order valence-electron chi connectivity index (χ0n) is 14.4. The lowest BCUT2D eigenvalue weighted by Gasteiger charge is -2.40. The number of morpholine rings is 1. The van der Waals surface area contributed by atoms with E-state index in [1.54, 1.807) is 12.4 Å². The number of hydrogen-bond acceptors (Lipinski definition) is 6. The molecular weight excluding hydrogens is 352 g/mol. The summed E-state index contributed by atoms with van der Waals surface area (Å²) in [7, 11) is 0. The van der Waals surface area contributed by atoms with Gasteiger partial charge in [0.25, 0.3) is 5.91 Å². The van der Waals surface area contributed by atoms with Crippen LogP contribution in [-0.2, 0) is 20.9 Å². The van der Waals surface area contributed by atoms with Gasteiger partial charge < -0.3 is 15.0 Å². The summed E-state index contributed by atoms with van der Waals surface area (Å²) in [6, 6.07) is 3.44. The highest BCUT2D eigenvalue weighted by atomic mass is 32.1. The maximum atomic E-state index is 12.8. The molecule has 7 nitrogen and oxygen atoms in total. The number of nitrogens with zero attached hydrogens (tertiary/aromatic N) is 3. The normalized spacial score (nSPS) is 23.1. The molecule has 3 heterocycles. The highest BCUT2D eigenvalue weighted by molar-refractivity contribution is 7.09. The molecule has 2 atom stereocenters. The Hall–Kier alpha value is -2.32. The predicted octanol–water partition coefficient (Wildman–Crippen LogP) is 1.59. The molecule has 0 unspecified atom stereocenters. The first-order valence-electron chi connectivity index (χ1n) is 8.65. The summed E-state index contributed by atoms with van der Waals surface area (Å²) in [6.45, 7) is 2.21. The lowest BCUT2D eigenvalue weighted by Crippen LogP contribution is -2.55. The van der Waals surface area contributed by atoms with Crippen molar-refractivity contribution < 1.29 is 14.3 Å². The standard InChI is InChI=1S/C18H20N4O3S/c1-11-10-26-14(21-11)8-20-18(24)17-16(12-3-2-6-19-7-12)22(13-4-5-13)15(23)9-25-17/h2-3,6-7,10,13,16-17H,4-5,8-9H2,1H3,(H,20,24)/t16-,17+/m1/s1. The predicted molar refractivity (Wildman–Crippen MR) is 95.3 cm³/mol. The number of thiazole rings is 1. The fourth-order valence-electron chi connectivity index (χ4n) is 3.26. The second-order valence-corrected chi connectivity index (χ2v) is 7.54. The molecule has 0 bridgehead atoms. The molecule has 26 heavy (non-hydrogen) atoms. The molecule has 8 heteroatoms. The Balaban J connectivity index is 1.55. The van der Waals surface area contributed by atoms with E-state index in [2.05, 4.69) is 15.3 Å². The highest BCUT2D eigenvalue weighted by Gasteiger charge is 2.47. The van der Waals surface area contributed by atoms with Crippen LogP contribution in [0.25, 0.3) is 0 Å². The quantitative estimate of drug-likeness (QED) is 0.862. The molecule has 1 saturated carbocycles. The molecule has 2 fully saturated rings. The zero-order valence-corrected chi connectivity index (χ0v) is 15.2. The molecule has 2 amide bonds. The lowest BCUT2D eigenvalue weighted by molar-refractivity contribution is -0.165. The minimum Gasteiger partial charge on any atom is -0.356 e. The number of rotatable bonds is 5. The molecule has 1 aliphatic heterocycles. The van der Waals surface area contributed by atoms with Crippen LogP contribution in [0.2, 0.25) is 0 Å². The fourth-order valence-corrected chi connectivity index (χ4v) is 3.98. The van der Waals surface area contributed by atoms with E-state index in [0.717, 1.165) is 29.1 Å². The molecule has 2 aromatic rings. The Labute approximate surface area is 155 Å². The van der Waals surface area contributed by atoms with E-state index in [1.807, 2.05) is 29.3 Å². The lowest BCUT2D eigenvalue weighted by atomic mass is 9.98. The van der Waals surface area contributed by atoms with E-state index < -0.39 is 12.1 Å². The van der Waals surface area contributed by atoms with Gasteiger partial charge in [0.05, 0.1) is 12.6 Å². The van der Waals surface area contributed by atoms with E-state index in [1.165, 1.54) is 11.3 Å². The van der Waals surface area contributed by atoms with Crippen LogP contribution in [0.3, 0.4) is 0 Å². The number of aryl methyl sites for hydroxylation is 1. The molecule has 136 valence electrons. The number of hydrogen-bond donors (Lipinski definition) is 1. The Morgan fingerprint density at radius 2 is 2.31 bits per heavy atom. The summed E-state index contributed by atoms with van der Waals surface area (Å²) in [5, 5.41) is 5.70. The number of carbonyl (C=O) groups excluding carboxylic acids is 2. The van der Waals surface area contributed by atoms with Crippen LogP contribution in [0.5, 0.6) is 0 Å². The second-order valence-electron chi connectivity index (χ2n) is 6.60. The molecule has 1 saturated heterocycles. The molecule has 0 radical (unpaired) electrons. The summed E-state index contributed by atoms with van der Waals surface area (Å²) < 4.78 is 5.67. The Bertz CT molecular complexity index is 806. The van der Waals surface area contributed by atoms with Crippen molar-refractivity contribution in [2.75, 3.05) is 6.61 Å². The van der Waals surface area contributed by atoms with E-state index in [-0.39, 0.29) is 24.5 Å². The molecular formula is C18H20N4O3S. The van der Waals surface area contributed by atoms with E-state index in [0.29, 0.717) is 6.54 Å². The first kappa shape index (κ1) is 17.1. The minimum absolute atomic E-state index is 0.0677. The van der Waals surface area contributed by atoms with Crippen molar-refractivity contribution in [1.82, 2.24) is 20.2 Å². The van der Waals surface area contributed by atoms with Crippen LogP contribution < -0.4 is 5.32 Å². The van der Waals surface area contributed by atoms with Gasteiger partial charge in [-0.25, -0.2) is 4.98 Å². The fraction of sp³-hybridized carbons (Fsp3) is 0.444. The van der Waals surface area contributed by atoms with Gasteiger partial charge in [0, 0.05) is 29.5 Å². The number of ether oxygens (including phenoxy) is 1. The van der Waals surface area contributed by atoms with Gasteiger partial charge in [-0.2, -0.15) is 0 Å². The van der Waals surface area contributed by atoms with Crippen molar-refractivity contribution in [2.24, 2.45) is 0 Å². The van der Waals surface area contributed by atoms with Gasteiger partial charge in [-0.3, -0.25) is 14.6 Å². The van der Waals surface area contributed by atoms with E-state index >= 15 is 0 Å². The number of aromatic nitrogens is 2. The highest BCUT2D eigenvalue weighted by Crippen LogP contribution is 2.39. The summed E-state index contributed by atoms with van der Waals surface area (Å²) in [4.78, 5) is 35.6. The molecule has 2 aliphatic rings. The van der Waals surface area contributed by atoms with Gasteiger partial charge in [0.1, 0.15) is 11.6 Å². The number of pyridine rings is 1. The number of amides is 2. The average Bonchev–Trinajstić information content (AvgIpc) is 3.41. The maximum Gasteiger partial charge on any atom is 0.252 e. The van der Waals surface area contributed by atoms with Crippen LogP contribution in [-0.4, -0.2) is 45.4 Å². The van der Waals surface area contributed by atoms with Crippen molar-refractivity contribution in [1.29, 1.82) is 0 Å². The van der Waals surface area contributed by atoms with E-state index in [4.69, 9.17) is 4.74 Å². The van der Waals surface area contributed by atoms with E-state index in [9.17, 15) is 9.59 Å². The maximum absolute atomic E-state index is 12.8. The molecule has 1 N–H and O–H groups in total. The van der Waals surface area contributed by atoms with Crippen molar-refractivity contribution in [3.05, 3.63) is 46.2 Å². The van der Waals surface area contributed by atoms with Crippen molar-refractivity contribution in [3.8, 4) is 0 Å². The topological polar surface area (TPSA) is 84.4 Å². The molecule has 4 rings (SSSR count). The summed E-state index contributed by atoms with van der Waals surface area (Å²) >= 11 is 1.51. The number of nitrogens with one attached hydrogen (secondary N) is 1. The average molecular weight is 372 g/mol. The monoisotopic (exact) mass is 372 g/mol. The SMILES string of the molecule is Cc1csc(CNC(=O)[C@H]2OCC(=O)N(C3CC3)[C@@H]2c2cccnc2)n1. The first-order valence-corrected chi connectivity index (χ1v) is 9.53. The second kappa shape index (κ2) is 7.13. The van der Waals surface area contributed by atoms with Gasteiger partial charge >= 0.3 is 0 Å². The third kappa shape index (κ3) is 3.47. The Kier molecular flexibility index (Phi) is 4.69. The van der Waals surface area contributed by atoms with Crippen LogP contribution in [0, 0.1) is 6.92 Å².